The highest BCUT2D eigenvalue weighted by atomic mass is 16.5. The molecule has 0 spiro atoms. The van der Waals surface area contributed by atoms with Gasteiger partial charge in [-0.05, 0) is 38.2 Å². The summed E-state index contributed by atoms with van der Waals surface area (Å²) in [5.41, 5.74) is 2.13. The standard InChI is InChI=1S/C20H29N3O3/c1-5-6-9-26-15-8-7-14(10-15)21-19(24)16-12-22(3)18-13(2)11-23(4)20(25)17(16)18/h11-12,14-15H,5-10H2,1-4H3,(H,21,24)/t14-,15-/m0/s1. The molecule has 0 aromatic carbocycles. The number of aryl methyl sites for hydroxylation is 3. The molecule has 0 saturated heterocycles. The number of hydrogen-bond acceptors (Lipinski definition) is 3. The van der Waals surface area contributed by atoms with Crippen molar-refractivity contribution in [1.82, 2.24) is 14.5 Å². The number of nitrogens with one attached hydrogen (secondary N) is 1. The van der Waals surface area contributed by atoms with Crippen LogP contribution in [0.1, 0.15) is 54.9 Å². The van der Waals surface area contributed by atoms with E-state index in [1.807, 2.05) is 24.7 Å². The van der Waals surface area contributed by atoms with Gasteiger partial charge in [-0.15, -0.1) is 0 Å². The van der Waals surface area contributed by atoms with Gasteiger partial charge in [0, 0.05) is 39.1 Å². The molecule has 1 amide bonds. The molecular formula is C20H29N3O3. The van der Waals surface area contributed by atoms with Gasteiger partial charge in [0.15, 0.2) is 0 Å². The Hall–Kier alpha value is -2.08. The van der Waals surface area contributed by atoms with Crippen LogP contribution in [-0.4, -0.2) is 33.8 Å². The van der Waals surface area contributed by atoms with Crippen LogP contribution in [0.3, 0.4) is 0 Å². The molecule has 26 heavy (non-hydrogen) atoms. The van der Waals surface area contributed by atoms with Crippen LogP contribution in [0.4, 0.5) is 0 Å². The minimum atomic E-state index is -0.169. The van der Waals surface area contributed by atoms with E-state index in [1.165, 1.54) is 0 Å². The highest BCUT2D eigenvalue weighted by Gasteiger charge is 2.28. The van der Waals surface area contributed by atoms with Gasteiger partial charge in [0.25, 0.3) is 11.5 Å². The summed E-state index contributed by atoms with van der Waals surface area (Å²) >= 11 is 0. The van der Waals surface area contributed by atoms with Crippen molar-refractivity contribution in [3.05, 3.63) is 33.9 Å². The number of ether oxygens (including phenoxy) is 1. The Bertz CT molecular complexity index is 865. The first-order valence-corrected chi connectivity index (χ1v) is 9.50. The SMILES string of the molecule is CCCCO[C@H]1CC[C@H](NC(=O)c2cn(C)c3c(C)cn(C)c(=O)c23)C1. The monoisotopic (exact) mass is 359 g/mol. The van der Waals surface area contributed by atoms with E-state index in [0.29, 0.717) is 10.9 Å². The first kappa shape index (κ1) is 18.7. The molecule has 2 atom stereocenters. The maximum atomic E-state index is 12.9. The van der Waals surface area contributed by atoms with E-state index in [2.05, 4.69) is 12.2 Å². The van der Waals surface area contributed by atoms with E-state index >= 15 is 0 Å². The molecule has 1 saturated carbocycles. The molecule has 2 aromatic rings. The molecule has 6 heteroatoms. The van der Waals surface area contributed by atoms with Crippen LogP contribution in [0.5, 0.6) is 0 Å². The molecule has 142 valence electrons. The number of unbranched alkanes of at least 4 members (excludes halogenated alkanes) is 1. The van der Waals surface area contributed by atoms with Gasteiger partial charge in [0.2, 0.25) is 0 Å². The third kappa shape index (κ3) is 3.56. The Morgan fingerprint density at radius 1 is 1.27 bits per heavy atom. The van der Waals surface area contributed by atoms with Gasteiger partial charge in [-0.2, -0.15) is 0 Å². The van der Waals surface area contributed by atoms with Crippen molar-refractivity contribution in [1.29, 1.82) is 0 Å². The second kappa shape index (κ2) is 7.66. The molecule has 0 bridgehead atoms. The van der Waals surface area contributed by atoms with Crippen molar-refractivity contribution in [2.45, 2.75) is 58.1 Å². The van der Waals surface area contributed by atoms with Gasteiger partial charge < -0.3 is 19.2 Å². The largest absolute Gasteiger partial charge is 0.378 e. The number of rotatable bonds is 6. The van der Waals surface area contributed by atoms with Crippen molar-refractivity contribution >= 4 is 16.8 Å². The lowest BCUT2D eigenvalue weighted by molar-refractivity contribution is 0.0546. The van der Waals surface area contributed by atoms with Gasteiger partial charge in [-0.25, -0.2) is 0 Å². The number of carbonyl (C=O) groups is 1. The van der Waals surface area contributed by atoms with Crippen LogP contribution in [0, 0.1) is 6.92 Å². The average molecular weight is 359 g/mol. The van der Waals surface area contributed by atoms with Gasteiger partial charge in [-0.3, -0.25) is 9.59 Å². The van der Waals surface area contributed by atoms with Gasteiger partial charge in [-0.1, -0.05) is 13.3 Å². The quantitative estimate of drug-likeness (QED) is 0.807. The topological polar surface area (TPSA) is 65.3 Å². The minimum Gasteiger partial charge on any atom is -0.378 e. The van der Waals surface area contributed by atoms with Crippen molar-refractivity contribution in [3.63, 3.8) is 0 Å². The summed E-state index contributed by atoms with van der Waals surface area (Å²) in [6.45, 7) is 4.90. The molecule has 1 fully saturated rings. The lowest BCUT2D eigenvalue weighted by atomic mass is 10.1. The molecule has 2 heterocycles. The number of nitrogens with zero attached hydrogens (tertiary/aromatic N) is 2. The van der Waals surface area contributed by atoms with Crippen LogP contribution in [0.25, 0.3) is 10.9 Å². The maximum absolute atomic E-state index is 12.9. The molecule has 1 aliphatic carbocycles. The second-order valence-corrected chi connectivity index (χ2v) is 7.44. The van der Waals surface area contributed by atoms with Gasteiger partial charge >= 0.3 is 0 Å². The van der Waals surface area contributed by atoms with Gasteiger partial charge in [0.1, 0.15) is 0 Å². The molecule has 1 N–H and O–H groups in total. The number of pyridine rings is 1. The van der Waals surface area contributed by atoms with Crippen molar-refractivity contribution in [2.75, 3.05) is 6.61 Å². The fourth-order valence-corrected chi connectivity index (χ4v) is 3.96. The van der Waals surface area contributed by atoms with Gasteiger partial charge in [0.05, 0.1) is 22.6 Å². The molecule has 6 nitrogen and oxygen atoms in total. The summed E-state index contributed by atoms with van der Waals surface area (Å²) in [6.07, 6.45) is 8.75. The number of amides is 1. The summed E-state index contributed by atoms with van der Waals surface area (Å²) in [7, 11) is 3.59. The summed E-state index contributed by atoms with van der Waals surface area (Å²) in [6, 6.07) is 0.109. The molecule has 0 aliphatic heterocycles. The van der Waals surface area contributed by atoms with E-state index < -0.39 is 0 Å². The number of hydrogen-bond donors (Lipinski definition) is 1. The predicted molar refractivity (Wildman–Crippen MR) is 103 cm³/mol. The van der Waals surface area contributed by atoms with Crippen molar-refractivity contribution in [3.8, 4) is 0 Å². The van der Waals surface area contributed by atoms with E-state index in [0.717, 1.165) is 49.8 Å². The number of carbonyl (C=O) groups excluding carboxylic acids is 1. The van der Waals surface area contributed by atoms with E-state index in [1.54, 1.807) is 17.8 Å². The summed E-state index contributed by atoms with van der Waals surface area (Å²) in [5, 5.41) is 3.61. The third-order valence-electron chi connectivity index (χ3n) is 5.29. The fraction of sp³-hybridized carbons (Fsp3) is 0.600. The van der Waals surface area contributed by atoms with Crippen LogP contribution >= 0.6 is 0 Å². The second-order valence-electron chi connectivity index (χ2n) is 7.44. The van der Waals surface area contributed by atoms with Crippen LogP contribution < -0.4 is 10.9 Å². The highest BCUT2D eigenvalue weighted by Crippen LogP contribution is 2.24. The molecule has 3 rings (SSSR count). The zero-order chi connectivity index (χ0) is 18.8. The number of fused-ring (bicyclic) bond motifs is 1. The van der Waals surface area contributed by atoms with E-state index in [4.69, 9.17) is 4.74 Å². The molecule has 0 radical (unpaired) electrons. The molecule has 2 aromatic heterocycles. The molecule has 0 unspecified atom stereocenters. The van der Waals surface area contributed by atoms with Crippen molar-refractivity contribution < 1.29 is 9.53 Å². The lowest BCUT2D eigenvalue weighted by Crippen LogP contribution is -2.34. The van der Waals surface area contributed by atoms with Crippen LogP contribution in [-0.2, 0) is 18.8 Å². The predicted octanol–water partition coefficient (Wildman–Crippen LogP) is 2.65. The van der Waals surface area contributed by atoms with Crippen molar-refractivity contribution in [2.24, 2.45) is 14.1 Å². The summed E-state index contributed by atoms with van der Waals surface area (Å²) < 4.78 is 9.29. The Labute approximate surface area is 154 Å². The zero-order valence-electron chi connectivity index (χ0n) is 16.2. The molecular weight excluding hydrogens is 330 g/mol. The lowest BCUT2D eigenvalue weighted by Gasteiger charge is -2.14. The number of aromatic nitrogens is 2. The van der Waals surface area contributed by atoms with Crippen LogP contribution in [0.2, 0.25) is 0 Å². The Kier molecular flexibility index (Phi) is 5.51. The third-order valence-corrected chi connectivity index (χ3v) is 5.29. The van der Waals surface area contributed by atoms with E-state index in [-0.39, 0.29) is 23.6 Å². The van der Waals surface area contributed by atoms with Crippen LogP contribution in [0.15, 0.2) is 17.2 Å². The summed E-state index contributed by atoms with van der Waals surface area (Å²) in [5.74, 6) is -0.169. The summed E-state index contributed by atoms with van der Waals surface area (Å²) in [4.78, 5) is 25.5. The Balaban J connectivity index is 1.76. The zero-order valence-corrected chi connectivity index (χ0v) is 16.2. The maximum Gasteiger partial charge on any atom is 0.260 e. The highest BCUT2D eigenvalue weighted by molar-refractivity contribution is 6.07. The van der Waals surface area contributed by atoms with E-state index in [9.17, 15) is 9.59 Å². The minimum absolute atomic E-state index is 0.109. The normalized spacial score (nSPS) is 20.0. The fourth-order valence-electron chi connectivity index (χ4n) is 3.96. The Morgan fingerprint density at radius 3 is 2.77 bits per heavy atom. The average Bonchev–Trinajstić information content (AvgIpc) is 3.17. The first-order chi connectivity index (χ1) is 12.4. The first-order valence-electron chi connectivity index (χ1n) is 9.50. The molecule has 1 aliphatic rings. The Morgan fingerprint density at radius 2 is 2.04 bits per heavy atom. The smallest absolute Gasteiger partial charge is 0.260 e.